The monoisotopic (exact) mass is 309 g/mol. The standard InChI is InChI=1S/C16H23NO3S/c1-4-11(2)12(3)16(20)17-14-7-5-6-13(8-14)9-21-10-15(18)19/h5-8,11-12H,4,9-10H2,1-3H3,(H,17,20)(H,18,19). The van der Waals surface area contributed by atoms with Crippen molar-refractivity contribution in [1.82, 2.24) is 0 Å². The maximum Gasteiger partial charge on any atom is 0.313 e. The molecule has 1 rings (SSSR count). The van der Waals surface area contributed by atoms with Crippen LogP contribution in [0.2, 0.25) is 0 Å². The van der Waals surface area contributed by atoms with Crippen molar-refractivity contribution in [3.8, 4) is 0 Å². The van der Waals surface area contributed by atoms with Gasteiger partial charge in [-0.2, -0.15) is 0 Å². The highest BCUT2D eigenvalue weighted by Gasteiger charge is 2.18. The molecule has 2 unspecified atom stereocenters. The molecule has 0 aliphatic carbocycles. The van der Waals surface area contributed by atoms with Crippen LogP contribution in [-0.4, -0.2) is 22.7 Å². The van der Waals surface area contributed by atoms with E-state index in [1.165, 1.54) is 11.8 Å². The number of hydrogen-bond donors (Lipinski definition) is 2. The Kier molecular flexibility index (Phi) is 7.29. The fraction of sp³-hybridized carbons (Fsp3) is 0.500. The Hall–Kier alpha value is -1.49. The van der Waals surface area contributed by atoms with Crippen LogP contribution in [0.5, 0.6) is 0 Å². The van der Waals surface area contributed by atoms with E-state index >= 15 is 0 Å². The molecule has 21 heavy (non-hydrogen) atoms. The lowest BCUT2D eigenvalue weighted by atomic mass is 9.93. The number of benzene rings is 1. The zero-order chi connectivity index (χ0) is 15.8. The van der Waals surface area contributed by atoms with Crippen LogP contribution in [0.4, 0.5) is 5.69 Å². The fourth-order valence-corrected chi connectivity index (χ4v) is 2.56. The second kappa shape index (κ2) is 8.72. The van der Waals surface area contributed by atoms with E-state index in [0.717, 1.165) is 17.7 Å². The SMILES string of the molecule is CCC(C)C(C)C(=O)Nc1cccc(CSCC(=O)O)c1. The van der Waals surface area contributed by atoms with E-state index in [1.54, 1.807) is 0 Å². The Morgan fingerprint density at radius 2 is 2.05 bits per heavy atom. The predicted octanol–water partition coefficient (Wildman–Crippen LogP) is 3.63. The van der Waals surface area contributed by atoms with Crippen molar-refractivity contribution in [3.63, 3.8) is 0 Å². The van der Waals surface area contributed by atoms with Gasteiger partial charge in [0.2, 0.25) is 5.91 Å². The molecule has 5 heteroatoms. The van der Waals surface area contributed by atoms with Gasteiger partial charge in [0.1, 0.15) is 0 Å². The highest BCUT2D eigenvalue weighted by molar-refractivity contribution is 7.99. The van der Waals surface area contributed by atoms with Crippen molar-refractivity contribution >= 4 is 29.3 Å². The first kappa shape index (κ1) is 17.6. The third kappa shape index (κ3) is 6.21. The van der Waals surface area contributed by atoms with Crippen LogP contribution in [0.15, 0.2) is 24.3 Å². The van der Waals surface area contributed by atoms with E-state index in [2.05, 4.69) is 19.2 Å². The fourth-order valence-electron chi connectivity index (χ4n) is 1.86. The molecule has 0 aliphatic heterocycles. The average Bonchev–Trinajstić information content (AvgIpc) is 2.45. The van der Waals surface area contributed by atoms with Crippen molar-refractivity contribution in [2.75, 3.05) is 11.1 Å². The summed E-state index contributed by atoms with van der Waals surface area (Å²) in [5.74, 6) is 0.240. The number of thioether (sulfide) groups is 1. The van der Waals surface area contributed by atoms with Gasteiger partial charge in [0.25, 0.3) is 0 Å². The average molecular weight is 309 g/mol. The first-order valence-electron chi connectivity index (χ1n) is 7.13. The molecular formula is C16H23NO3S. The second-order valence-electron chi connectivity index (χ2n) is 5.25. The molecule has 0 saturated heterocycles. The first-order chi connectivity index (χ1) is 9.93. The van der Waals surface area contributed by atoms with Crippen LogP contribution in [0, 0.1) is 11.8 Å². The van der Waals surface area contributed by atoms with Gasteiger partial charge in [0, 0.05) is 17.4 Å². The summed E-state index contributed by atoms with van der Waals surface area (Å²) < 4.78 is 0. The minimum Gasteiger partial charge on any atom is -0.481 e. The van der Waals surface area contributed by atoms with Crippen molar-refractivity contribution in [3.05, 3.63) is 29.8 Å². The van der Waals surface area contributed by atoms with E-state index < -0.39 is 5.97 Å². The highest BCUT2D eigenvalue weighted by Crippen LogP contribution is 2.20. The summed E-state index contributed by atoms with van der Waals surface area (Å²) in [4.78, 5) is 22.6. The molecule has 0 fully saturated rings. The van der Waals surface area contributed by atoms with E-state index in [-0.39, 0.29) is 17.6 Å². The molecule has 116 valence electrons. The topological polar surface area (TPSA) is 66.4 Å². The summed E-state index contributed by atoms with van der Waals surface area (Å²) in [6.07, 6.45) is 0.973. The number of carbonyl (C=O) groups is 2. The van der Waals surface area contributed by atoms with Gasteiger partial charge < -0.3 is 10.4 Å². The minimum absolute atomic E-state index is 0.0275. The Morgan fingerprint density at radius 3 is 2.67 bits per heavy atom. The van der Waals surface area contributed by atoms with Gasteiger partial charge in [-0.15, -0.1) is 11.8 Å². The van der Waals surface area contributed by atoms with Crippen molar-refractivity contribution in [2.24, 2.45) is 11.8 Å². The van der Waals surface area contributed by atoms with E-state index in [1.807, 2.05) is 31.2 Å². The normalized spacial score (nSPS) is 13.5. The lowest BCUT2D eigenvalue weighted by Crippen LogP contribution is -2.25. The number of carbonyl (C=O) groups excluding carboxylic acids is 1. The number of hydrogen-bond acceptors (Lipinski definition) is 3. The first-order valence-corrected chi connectivity index (χ1v) is 8.28. The third-order valence-electron chi connectivity index (χ3n) is 3.60. The van der Waals surface area contributed by atoms with Crippen molar-refractivity contribution in [1.29, 1.82) is 0 Å². The van der Waals surface area contributed by atoms with Gasteiger partial charge >= 0.3 is 5.97 Å². The van der Waals surface area contributed by atoms with Crippen LogP contribution in [0.1, 0.15) is 32.8 Å². The summed E-state index contributed by atoms with van der Waals surface area (Å²) in [6.45, 7) is 6.09. The molecule has 0 aliphatic rings. The predicted molar refractivity (Wildman–Crippen MR) is 87.5 cm³/mol. The molecule has 0 aromatic heterocycles. The Morgan fingerprint density at radius 1 is 1.33 bits per heavy atom. The van der Waals surface area contributed by atoms with E-state index in [4.69, 9.17) is 5.11 Å². The number of anilines is 1. The summed E-state index contributed by atoms with van der Waals surface area (Å²) in [5, 5.41) is 11.6. The largest absolute Gasteiger partial charge is 0.481 e. The number of nitrogens with one attached hydrogen (secondary N) is 1. The highest BCUT2D eigenvalue weighted by atomic mass is 32.2. The second-order valence-corrected chi connectivity index (χ2v) is 6.24. The summed E-state index contributed by atoms with van der Waals surface area (Å²) in [5.41, 5.74) is 1.78. The zero-order valence-electron chi connectivity index (χ0n) is 12.8. The van der Waals surface area contributed by atoms with Crippen LogP contribution < -0.4 is 5.32 Å². The number of aliphatic carboxylic acids is 1. The van der Waals surface area contributed by atoms with Crippen LogP contribution in [0.3, 0.4) is 0 Å². The summed E-state index contributed by atoms with van der Waals surface area (Å²) in [6, 6.07) is 7.56. The van der Waals surface area contributed by atoms with E-state index in [0.29, 0.717) is 11.7 Å². The molecule has 0 spiro atoms. The van der Waals surface area contributed by atoms with Crippen molar-refractivity contribution in [2.45, 2.75) is 32.9 Å². The van der Waals surface area contributed by atoms with Crippen molar-refractivity contribution < 1.29 is 14.7 Å². The molecule has 0 radical (unpaired) electrons. The summed E-state index contributed by atoms with van der Waals surface area (Å²) >= 11 is 1.34. The van der Waals surface area contributed by atoms with Crippen LogP contribution >= 0.6 is 11.8 Å². The van der Waals surface area contributed by atoms with Crippen LogP contribution in [0.25, 0.3) is 0 Å². The van der Waals surface area contributed by atoms with Gasteiger partial charge in [-0.25, -0.2) is 0 Å². The van der Waals surface area contributed by atoms with Gasteiger partial charge in [-0.05, 0) is 23.6 Å². The van der Waals surface area contributed by atoms with Gasteiger partial charge in [0.05, 0.1) is 5.75 Å². The molecule has 2 N–H and O–H groups in total. The number of carboxylic acid groups (broad SMARTS) is 1. The van der Waals surface area contributed by atoms with Gasteiger partial charge in [-0.3, -0.25) is 9.59 Å². The molecular weight excluding hydrogens is 286 g/mol. The zero-order valence-corrected chi connectivity index (χ0v) is 13.6. The number of carboxylic acids is 1. The molecule has 1 aromatic carbocycles. The lowest BCUT2D eigenvalue weighted by Gasteiger charge is -2.18. The van der Waals surface area contributed by atoms with E-state index in [9.17, 15) is 9.59 Å². The Bertz CT molecular complexity index is 490. The third-order valence-corrected chi connectivity index (χ3v) is 4.59. The quantitative estimate of drug-likeness (QED) is 0.769. The Labute approximate surface area is 130 Å². The molecule has 2 atom stereocenters. The molecule has 0 saturated carbocycles. The lowest BCUT2D eigenvalue weighted by molar-refractivity contribution is -0.133. The number of rotatable bonds is 8. The molecule has 4 nitrogen and oxygen atoms in total. The van der Waals surface area contributed by atoms with Gasteiger partial charge in [-0.1, -0.05) is 39.3 Å². The number of amides is 1. The maximum absolute atomic E-state index is 12.1. The molecule has 0 heterocycles. The molecule has 0 bridgehead atoms. The molecule has 1 amide bonds. The summed E-state index contributed by atoms with van der Waals surface area (Å²) in [7, 11) is 0. The minimum atomic E-state index is -0.813. The molecule has 1 aromatic rings. The van der Waals surface area contributed by atoms with Gasteiger partial charge in [0.15, 0.2) is 0 Å². The van der Waals surface area contributed by atoms with Crippen LogP contribution in [-0.2, 0) is 15.3 Å². The Balaban J connectivity index is 2.59. The smallest absolute Gasteiger partial charge is 0.313 e. The maximum atomic E-state index is 12.1.